The number of benzene rings is 1. The number of carboxylic acid groups (broad SMARTS) is 1. The number of piperidine rings is 1. The van der Waals surface area contributed by atoms with E-state index >= 15 is 0 Å². The highest BCUT2D eigenvalue weighted by molar-refractivity contribution is 6.17. The first-order valence-electron chi connectivity index (χ1n) is 6.23. The Morgan fingerprint density at radius 2 is 1.95 bits per heavy atom. The van der Waals surface area contributed by atoms with Crippen LogP contribution in [0.2, 0.25) is 0 Å². The zero-order chi connectivity index (χ0) is 13.8. The van der Waals surface area contributed by atoms with E-state index in [0.717, 1.165) is 0 Å². The van der Waals surface area contributed by atoms with Crippen LogP contribution in [-0.4, -0.2) is 22.9 Å². The van der Waals surface area contributed by atoms with Gasteiger partial charge in [0.05, 0.1) is 5.69 Å². The minimum Gasteiger partial charge on any atom is -0.481 e. The molecule has 5 nitrogen and oxygen atoms in total. The van der Waals surface area contributed by atoms with Gasteiger partial charge in [-0.2, -0.15) is 0 Å². The molecule has 1 heterocycles. The molecule has 100 valence electrons. The van der Waals surface area contributed by atoms with Gasteiger partial charge in [-0.25, -0.2) is 0 Å². The minimum absolute atomic E-state index is 0.0484. The molecule has 0 aliphatic carbocycles. The Kier molecular flexibility index (Phi) is 3.94. The average molecular weight is 261 g/mol. The number of para-hydroxylation sites is 1. The van der Waals surface area contributed by atoms with Crippen LogP contribution in [0.4, 0.5) is 5.69 Å². The van der Waals surface area contributed by atoms with Crippen LogP contribution in [0.1, 0.15) is 25.7 Å². The SMILES string of the molecule is O=C(O)CCC1CCC(=O)N(c2ccccc2)C1=O. The van der Waals surface area contributed by atoms with E-state index in [2.05, 4.69) is 0 Å². The first kappa shape index (κ1) is 13.3. The molecule has 1 N–H and O–H groups in total. The third-order valence-corrected chi connectivity index (χ3v) is 3.25. The van der Waals surface area contributed by atoms with Crippen molar-refractivity contribution in [2.75, 3.05) is 4.90 Å². The monoisotopic (exact) mass is 261 g/mol. The topological polar surface area (TPSA) is 74.7 Å². The Morgan fingerprint density at radius 3 is 2.58 bits per heavy atom. The Labute approximate surface area is 110 Å². The molecule has 1 fully saturated rings. The Hall–Kier alpha value is -2.17. The van der Waals surface area contributed by atoms with Gasteiger partial charge in [0.25, 0.3) is 0 Å². The van der Waals surface area contributed by atoms with Crippen LogP contribution in [0, 0.1) is 5.92 Å². The molecule has 1 aromatic rings. The number of nitrogens with zero attached hydrogens (tertiary/aromatic N) is 1. The van der Waals surface area contributed by atoms with Crippen molar-refractivity contribution in [3.05, 3.63) is 30.3 Å². The van der Waals surface area contributed by atoms with Gasteiger partial charge in [-0.15, -0.1) is 0 Å². The van der Waals surface area contributed by atoms with Gasteiger partial charge in [-0.1, -0.05) is 18.2 Å². The third-order valence-electron chi connectivity index (χ3n) is 3.25. The van der Waals surface area contributed by atoms with Crippen LogP contribution >= 0.6 is 0 Å². The molecule has 2 amide bonds. The van der Waals surface area contributed by atoms with E-state index in [0.29, 0.717) is 12.1 Å². The first-order chi connectivity index (χ1) is 9.09. The number of carboxylic acids is 1. The fourth-order valence-corrected chi connectivity index (χ4v) is 2.25. The minimum atomic E-state index is -0.920. The summed E-state index contributed by atoms with van der Waals surface area (Å²) in [4.78, 5) is 35.9. The molecule has 1 aromatic carbocycles. The average Bonchev–Trinajstić information content (AvgIpc) is 2.39. The molecule has 19 heavy (non-hydrogen) atoms. The van der Waals surface area contributed by atoms with Crippen molar-refractivity contribution in [2.24, 2.45) is 5.92 Å². The van der Waals surface area contributed by atoms with Gasteiger partial charge >= 0.3 is 5.97 Å². The van der Waals surface area contributed by atoms with Crippen LogP contribution in [-0.2, 0) is 14.4 Å². The molecule has 1 saturated heterocycles. The Balaban J connectivity index is 2.15. The molecule has 0 saturated carbocycles. The van der Waals surface area contributed by atoms with E-state index in [1.165, 1.54) is 4.90 Å². The molecule has 0 spiro atoms. The van der Waals surface area contributed by atoms with E-state index in [1.807, 2.05) is 6.07 Å². The summed E-state index contributed by atoms with van der Waals surface area (Å²) in [6.45, 7) is 0. The van der Waals surface area contributed by atoms with Crippen molar-refractivity contribution in [1.82, 2.24) is 0 Å². The summed E-state index contributed by atoms with van der Waals surface area (Å²) >= 11 is 0. The van der Waals surface area contributed by atoms with Gasteiger partial charge in [0.15, 0.2) is 0 Å². The van der Waals surface area contributed by atoms with Crippen molar-refractivity contribution in [1.29, 1.82) is 0 Å². The fraction of sp³-hybridized carbons (Fsp3) is 0.357. The fourth-order valence-electron chi connectivity index (χ4n) is 2.25. The lowest BCUT2D eigenvalue weighted by Gasteiger charge is -2.30. The molecule has 0 bridgehead atoms. The normalized spacial score (nSPS) is 19.6. The number of rotatable bonds is 4. The summed E-state index contributed by atoms with van der Waals surface area (Å²) < 4.78 is 0. The maximum absolute atomic E-state index is 12.3. The lowest BCUT2D eigenvalue weighted by Crippen LogP contribution is -2.45. The summed E-state index contributed by atoms with van der Waals surface area (Å²) in [5, 5.41) is 8.67. The molecule has 1 aliphatic heterocycles. The van der Waals surface area contributed by atoms with Crippen LogP contribution < -0.4 is 4.90 Å². The Morgan fingerprint density at radius 1 is 1.26 bits per heavy atom. The second kappa shape index (κ2) is 5.65. The number of carbonyl (C=O) groups excluding carboxylic acids is 2. The number of amides is 2. The van der Waals surface area contributed by atoms with Gasteiger partial charge in [-0.3, -0.25) is 19.3 Å². The van der Waals surface area contributed by atoms with E-state index < -0.39 is 5.97 Å². The number of hydrogen-bond acceptors (Lipinski definition) is 3. The molecule has 1 unspecified atom stereocenters. The molecular formula is C14H15NO4. The number of aliphatic carboxylic acids is 1. The summed E-state index contributed by atoms with van der Waals surface area (Å²) in [7, 11) is 0. The summed E-state index contributed by atoms with van der Waals surface area (Å²) in [5.74, 6) is -1.81. The molecule has 2 rings (SSSR count). The van der Waals surface area contributed by atoms with Gasteiger partial charge in [0, 0.05) is 18.8 Å². The maximum Gasteiger partial charge on any atom is 0.303 e. The van der Waals surface area contributed by atoms with Gasteiger partial charge in [0.2, 0.25) is 11.8 Å². The van der Waals surface area contributed by atoms with Crippen LogP contribution in [0.15, 0.2) is 30.3 Å². The zero-order valence-corrected chi connectivity index (χ0v) is 10.4. The molecule has 5 heteroatoms. The summed E-state index contributed by atoms with van der Waals surface area (Å²) in [6, 6.07) is 8.74. The quantitative estimate of drug-likeness (QED) is 0.839. The van der Waals surface area contributed by atoms with Crippen LogP contribution in [0.5, 0.6) is 0 Å². The lowest BCUT2D eigenvalue weighted by molar-refractivity contribution is -0.137. The highest BCUT2D eigenvalue weighted by Crippen LogP contribution is 2.27. The lowest BCUT2D eigenvalue weighted by atomic mass is 9.91. The molecule has 0 aromatic heterocycles. The maximum atomic E-state index is 12.3. The Bertz CT molecular complexity index is 497. The van der Waals surface area contributed by atoms with Crippen molar-refractivity contribution in [3.8, 4) is 0 Å². The number of hydrogen-bond donors (Lipinski definition) is 1. The van der Waals surface area contributed by atoms with Crippen molar-refractivity contribution in [3.63, 3.8) is 0 Å². The smallest absolute Gasteiger partial charge is 0.303 e. The first-order valence-corrected chi connectivity index (χ1v) is 6.23. The van der Waals surface area contributed by atoms with Crippen molar-refractivity contribution in [2.45, 2.75) is 25.7 Å². The zero-order valence-electron chi connectivity index (χ0n) is 10.4. The van der Waals surface area contributed by atoms with E-state index in [4.69, 9.17) is 5.11 Å². The van der Waals surface area contributed by atoms with E-state index in [9.17, 15) is 14.4 Å². The summed E-state index contributed by atoms with van der Waals surface area (Å²) in [6.07, 6.45) is 0.956. The van der Waals surface area contributed by atoms with Gasteiger partial charge < -0.3 is 5.11 Å². The number of carbonyl (C=O) groups is 3. The van der Waals surface area contributed by atoms with E-state index in [1.54, 1.807) is 24.3 Å². The number of anilines is 1. The third kappa shape index (κ3) is 2.99. The molecule has 1 aliphatic rings. The standard InChI is InChI=1S/C14H15NO4/c16-12-8-6-10(7-9-13(17)18)14(19)15(12)11-4-2-1-3-5-11/h1-5,10H,6-9H2,(H,17,18). The largest absolute Gasteiger partial charge is 0.481 e. The number of imide groups is 1. The van der Waals surface area contributed by atoms with Crippen molar-refractivity contribution >= 4 is 23.5 Å². The van der Waals surface area contributed by atoms with Crippen molar-refractivity contribution < 1.29 is 19.5 Å². The molecule has 0 radical (unpaired) electrons. The van der Waals surface area contributed by atoms with Crippen LogP contribution in [0.3, 0.4) is 0 Å². The van der Waals surface area contributed by atoms with E-state index in [-0.39, 0.29) is 37.0 Å². The van der Waals surface area contributed by atoms with Crippen LogP contribution in [0.25, 0.3) is 0 Å². The highest BCUT2D eigenvalue weighted by atomic mass is 16.4. The highest BCUT2D eigenvalue weighted by Gasteiger charge is 2.35. The predicted molar refractivity (Wildman–Crippen MR) is 68.5 cm³/mol. The second-order valence-corrected chi connectivity index (χ2v) is 4.57. The second-order valence-electron chi connectivity index (χ2n) is 4.57. The molecular weight excluding hydrogens is 246 g/mol. The van der Waals surface area contributed by atoms with Gasteiger partial charge in [0.1, 0.15) is 0 Å². The van der Waals surface area contributed by atoms with Gasteiger partial charge in [-0.05, 0) is 25.0 Å². The predicted octanol–water partition coefficient (Wildman–Crippen LogP) is 1.82. The summed E-state index contributed by atoms with van der Waals surface area (Å²) in [5.41, 5.74) is 0.553. The molecule has 1 atom stereocenters.